The number of H-pyrrole nitrogens is 1. The highest BCUT2D eigenvalue weighted by atomic mass is 31.0. The number of hydrogen-bond acceptors (Lipinski definition) is 5. The van der Waals surface area contributed by atoms with Crippen molar-refractivity contribution >= 4 is 31.1 Å². The van der Waals surface area contributed by atoms with E-state index in [0.717, 1.165) is 47.9 Å². The van der Waals surface area contributed by atoms with Gasteiger partial charge < -0.3 is 10.2 Å². The van der Waals surface area contributed by atoms with E-state index in [0.29, 0.717) is 11.8 Å². The highest BCUT2D eigenvalue weighted by molar-refractivity contribution is 7.27. The number of anilines is 1. The number of aromatic amines is 1. The van der Waals surface area contributed by atoms with Crippen molar-refractivity contribution in [2.45, 2.75) is 19.0 Å². The molecule has 7 heteroatoms. The quantitative estimate of drug-likeness (QED) is 0.482. The highest BCUT2D eigenvalue weighted by Gasteiger charge is 2.22. The summed E-state index contributed by atoms with van der Waals surface area (Å²) in [5.74, 6) is 5.99. The Morgan fingerprint density at radius 3 is 3.12 bits per heavy atom. The number of nitrogens with one attached hydrogen (secondary N) is 2. The van der Waals surface area contributed by atoms with Crippen LogP contribution < -0.4 is 21.4 Å². The summed E-state index contributed by atoms with van der Waals surface area (Å²) in [6.07, 6.45) is 2.98. The molecule has 4 N–H and O–H groups in total. The van der Waals surface area contributed by atoms with Crippen molar-refractivity contribution in [1.29, 1.82) is 0 Å². The van der Waals surface area contributed by atoms with Crippen molar-refractivity contribution in [3.05, 3.63) is 48.2 Å². The smallest absolute Gasteiger partial charge is 0.147 e. The van der Waals surface area contributed by atoms with Gasteiger partial charge in [0.25, 0.3) is 0 Å². The number of benzene rings is 2. The van der Waals surface area contributed by atoms with Crippen LogP contribution in [0.3, 0.4) is 0 Å². The van der Waals surface area contributed by atoms with Crippen LogP contribution in [0.25, 0.3) is 10.9 Å². The lowest BCUT2D eigenvalue weighted by molar-refractivity contribution is 0.321. The second-order valence-corrected chi connectivity index (χ2v) is 7.23. The first kappa shape index (κ1) is 16.3. The summed E-state index contributed by atoms with van der Waals surface area (Å²) in [4.78, 5) is 7.33. The number of rotatable bonds is 5. The van der Waals surface area contributed by atoms with E-state index in [1.54, 1.807) is 0 Å². The second-order valence-electron chi connectivity index (χ2n) is 6.57. The van der Waals surface area contributed by atoms with Crippen LogP contribution in [0, 0.1) is 0 Å². The molecule has 2 atom stereocenters. The second kappa shape index (κ2) is 7.00. The molecule has 2 heterocycles. The average molecular weight is 355 g/mol. The molecular weight excluding hydrogens is 333 g/mol. The van der Waals surface area contributed by atoms with Gasteiger partial charge in [-0.15, -0.1) is 9.24 Å². The number of likely N-dealkylation sites (tertiary alicyclic amines) is 1. The third kappa shape index (κ3) is 3.76. The zero-order valence-electron chi connectivity index (χ0n) is 13.9. The highest BCUT2D eigenvalue weighted by Crippen LogP contribution is 2.22. The fraction of sp³-hybridized carbons (Fsp3) is 0.278. The first-order valence-electron chi connectivity index (χ1n) is 8.38. The summed E-state index contributed by atoms with van der Waals surface area (Å²) in [7, 11) is 2.70. The Bertz CT molecular complexity index is 881. The minimum absolute atomic E-state index is 0.453. The SMILES string of the molecule is NOc1cc(P)cc(CN2CCC(Nc3ccc4[nH]ncc4c3)C2)c1. The lowest BCUT2D eigenvalue weighted by atomic mass is 10.2. The molecule has 0 bridgehead atoms. The average Bonchev–Trinajstić information content (AvgIpc) is 3.23. The largest absolute Gasteiger partial charge is 0.411 e. The van der Waals surface area contributed by atoms with Crippen LogP contribution in [0.2, 0.25) is 0 Å². The molecule has 4 rings (SSSR count). The monoisotopic (exact) mass is 355 g/mol. The van der Waals surface area contributed by atoms with Crippen LogP contribution in [-0.4, -0.2) is 34.2 Å². The Balaban J connectivity index is 1.38. The van der Waals surface area contributed by atoms with Gasteiger partial charge in [-0.25, -0.2) is 0 Å². The number of nitrogens with two attached hydrogens (primary N) is 1. The molecule has 3 aromatic rings. The van der Waals surface area contributed by atoms with Gasteiger partial charge in [-0.2, -0.15) is 11.0 Å². The summed E-state index contributed by atoms with van der Waals surface area (Å²) < 4.78 is 0. The van der Waals surface area contributed by atoms with Gasteiger partial charge in [0.1, 0.15) is 5.75 Å². The topological polar surface area (TPSA) is 79.2 Å². The maximum Gasteiger partial charge on any atom is 0.147 e. The van der Waals surface area contributed by atoms with E-state index in [4.69, 9.17) is 10.7 Å². The third-order valence-electron chi connectivity index (χ3n) is 4.61. The molecular formula is C18H22N5OP. The standard InChI is InChI=1S/C18H22N5OP/c19-24-16-5-12(6-17(25)8-16)10-23-4-3-15(11-23)21-14-1-2-18-13(7-14)9-20-22-18/h1-2,5-9,15,21H,3-4,10-11,19,25H2,(H,20,22). The van der Waals surface area contributed by atoms with Gasteiger partial charge in [-0.1, -0.05) is 6.07 Å². The molecule has 1 saturated heterocycles. The molecule has 1 fully saturated rings. The van der Waals surface area contributed by atoms with E-state index in [2.05, 4.69) is 53.9 Å². The Labute approximate surface area is 148 Å². The fourth-order valence-corrected chi connectivity index (χ4v) is 3.84. The maximum absolute atomic E-state index is 5.30. The van der Waals surface area contributed by atoms with Gasteiger partial charge in [-0.05, 0) is 47.6 Å². The predicted octanol–water partition coefficient (Wildman–Crippen LogP) is 2.00. The molecule has 0 radical (unpaired) electrons. The fourth-order valence-electron chi connectivity index (χ4n) is 3.47. The van der Waals surface area contributed by atoms with Crippen LogP contribution in [0.15, 0.2) is 42.6 Å². The van der Waals surface area contributed by atoms with Crippen molar-refractivity contribution in [3.8, 4) is 5.75 Å². The molecule has 0 amide bonds. The molecule has 0 aliphatic carbocycles. The Morgan fingerprint density at radius 1 is 1.32 bits per heavy atom. The molecule has 1 aliphatic rings. The Hall–Kier alpha value is -2.14. The molecule has 6 nitrogen and oxygen atoms in total. The number of hydrogen-bond donors (Lipinski definition) is 3. The number of fused-ring (bicyclic) bond motifs is 1. The first-order chi connectivity index (χ1) is 12.2. The van der Waals surface area contributed by atoms with Crippen molar-refractivity contribution in [2.75, 3.05) is 18.4 Å². The lowest BCUT2D eigenvalue weighted by Gasteiger charge is -2.18. The molecule has 2 unspecified atom stereocenters. The van der Waals surface area contributed by atoms with Gasteiger partial charge in [0, 0.05) is 36.7 Å². The van der Waals surface area contributed by atoms with E-state index in [9.17, 15) is 0 Å². The van der Waals surface area contributed by atoms with Crippen LogP contribution in [0.5, 0.6) is 5.75 Å². The lowest BCUT2D eigenvalue weighted by Crippen LogP contribution is -2.26. The van der Waals surface area contributed by atoms with Crippen LogP contribution >= 0.6 is 9.24 Å². The predicted molar refractivity (Wildman–Crippen MR) is 104 cm³/mol. The van der Waals surface area contributed by atoms with Gasteiger partial charge in [-0.3, -0.25) is 10.00 Å². The minimum atomic E-state index is 0.453. The van der Waals surface area contributed by atoms with Gasteiger partial charge in [0.05, 0.1) is 11.7 Å². The summed E-state index contributed by atoms with van der Waals surface area (Å²) >= 11 is 0. The van der Waals surface area contributed by atoms with Crippen LogP contribution in [0.1, 0.15) is 12.0 Å². The van der Waals surface area contributed by atoms with Crippen molar-refractivity contribution in [3.63, 3.8) is 0 Å². The van der Waals surface area contributed by atoms with Crippen LogP contribution in [-0.2, 0) is 6.54 Å². The van der Waals surface area contributed by atoms with E-state index in [1.807, 2.05) is 18.3 Å². The summed E-state index contributed by atoms with van der Waals surface area (Å²) in [6, 6.07) is 12.8. The maximum atomic E-state index is 5.30. The Morgan fingerprint density at radius 2 is 2.24 bits per heavy atom. The summed E-state index contributed by atoms with van der Waals surface area (Å²) in [6.45, 7) is 2.99. The van der Waals surface area contributed by atoms with Gasteiger partial charge in [0.15, 0.2) is 0 Å². The van der Waals surface area contributed by atoms with Gasteiger partial charge >= 0.3 is 0 Å². The Kier molecular flexibility index (Phi) is 4.57. The van der Waals surface area contributed by atoms with Crippen molar-refractivity contribution in [1.82, 2.24) is 15.1 Å². The van der Waals surface area contributed by atoms with E-state index in [-0.39, 0.29) is 0 Å². The molecule has 25 heavy (non-hydrogen) atoms. The number of aromatic nitrogens is 2. The van der Waals surface area contributed by atoms with E-state index >= 15 is 0 Å². The molecule has 130 valence electrons. The summed E-state index contributed by atoms with van der Waals surface area (Å²) in [5.41, 5.74) is 3.42. The first-order valence-corrected chi connectivity index (χ1v) is 8.95. The van der Waals surface area contributed by atoms with E-state index in [1.165, 1.54) is 5.56 Å². The molecule has 2 aromatic carbocycles. The van der Waals surface area contributed by atoms with Crippen LogP contribution in [0.4, 0.5) is 5.69 Å². The normalized spacial score (nSPS) is 17.9. The number of nitrogens with zero attached hydrogens (tertiary/aromatic N) is 2. The molecule has 1 aromatic heterocycles. The zero-order valence-corrected chi connectivity index (χ0v) is 15.1. The zero-order chi connectivity index (χ0) is 17.2. The van der Waals surface area contributed by atoms with E-state index < -0.39 is 0 Å². The molecule has 0 saturated carbocycles. The molecule has 0 spiro atoms. The molecule has 1 aliphatic heterocycles. The minimum Gasteiger partial charge on any atom is -0.411 e. The van der Waals surface area contributed by atoms with Gasteiger partial charge in [0.2, 0.25) is 0 Å². The summed E-state index contributed by atoms with van der Waals surface area (Å²) in [5, 5.41) is 12.9. The van der Waals surface area contributed by atoms with Crippen molar-refractivity contribution in [2.24, 2.45) is 5.90 Å². The third-order valence-corrected chi connectivity index (χ3v) is 4.95. The van der Waals surface area contributed by atoms with Crippen molar-refractivity contribution < 1.29 is 4.84 Å².